The van der Waals surface area contributed by atoms with Crippen LogP contribution in [0.1, 0.15) is 49.9 Å². The maximum atomic E-state index is 12.7. The fourth-order valence-corrected chi connectivity index (χ4v) is 3.18. The number of carbonyl (C=O) groups is 1. The molecule has 104 valence electrons. The van der Waals surface area contributed by atoms with Gasteiger partial charge in [-0.25, -0.2) is 0 Å². The standard InChI is InChI=1S/C15H19Cl2NO/c1-10(2)18(12-5-3-4-6-12)15(19)13-9-11(16)7-8-14(13)17/h7-10,12H,3-6H2,1-2H3. The fourth-order valence-electron chi connectivity index (χ4n) is 2.80. The van der Waals surface area contributed by atoms with Crippen LogP contribution in [0.15, 0.2) is 18.2 Å². The number of halogens is 2. The Balaban J connectivity index is 2.30. The lowest BCUT2D eigenvalue weighted by Crippen LogP contribution is -2.43. The second-order valence-electron chi connectivity index (χ2n) is 5.37. The first-order valence-electron chi connectivity index (χ1n) is 6.78. The highest BCUT2D eigenvalue weighted by Crippen LogP contribution is 2.29. The first kappa shape index (κ1) is 14.7. The number of rotatable bonds is 3. The molecule has 0 saturated heterocycles. The van der Waals surface area contributed by atoms with E-state index in [1.807, 2.05) is 4.90 Å². The highest BCUT2D eigenvalue weighted by molar-refractivity contribution is 6.35. The number of hydrogen-bond donors (Lipinski definition) is 0. The van der Waals surface area contributed by atoms with Gasteiger partial charge < -0.3 is 4.90 Å². The van der Waals surface area contributed by atoms with Crippen molar-refractivity contribution < 1.29 is 4.79 Å². The smallest absolute Gasteiger partial charge is 0.255 e. The number of benzene rings is 1. The molecular formula is C15H19Cl2NO. The van der Waals surface area contributed by atoms with Gasteiger partial charge in [0.1, 0.15) is 0 Å². The Hall–Kier alpha value is -0.730. The van der Waals surface area contributed by atoms with Crippen LogP contribution in [0, 0.1) is 0 Å². The van der Waals surface area contributed by atoms with Crippen molar-refractivity contribution in [2.75, 3.05) is 0 Å². The van der Waals surface area contributed by atoms with E-state index in [4.69, 9.17) is 23.2 Å². The molecule has 19 heavy (non-hydrogen) atoms. The zero-order valence-electron chi connectivity index (χ0n) is 11.3. The fraction of sp³-hybridized carbons (Fsp3) is 0.533. The maximum absolute atomic E-state index is 12.7. The molecule has 0 atom stereocenters. The van der Waals surface area contributed by atoms with Crippen LogP contribution in [0.4, 0.5) is 0 Å². The van der Waals surface area contributed by atoms with Crippen LogP contribution < -0.4 is 0 Å². The summed E-state index contributed by atoms with van der Waals surface area (Å²) in [4.78, 5) is 14.7. The Morgan fingerprint density at radius 3 is 2.47 bits per heavy atom. The SMILES string of the molecule is CC(C)N(C(=O)c1cc(Cl)ccc1Cl)C1CCCC1. The Kier molecular flexibility index (Phi) is 4.75. The van der Waals surface area contributed by atoms with E-state index in [2.05, 4.69) is 13.8 Å². The highest BCUT2D eigenvalue weighted by Gasteiger charge is 2.30. The Bertz CT molecular complexity index is 467. The summed E-state index contributed by atoms with van der Waals surface area (Å²) in [5, 5.41) is 1.01. The van der Waals surface area contributed by atoms with E-state index >= 15 is 0 Å². The van der Waals surface area contributed by atoms with Gasteiger partial charge >= 0.3 is 0 Å². The molecule has 1 amide bonds. The predicted octanol–water partition coefficient (Wildman–Crippen LogP) is 4.79. The lowest BCUT2D eigenvalue weighted by atomic mass is 10.1. The molecule has 0 unspecified atom stereocenters. The van der Waals surface area contributed by atoms with E-state index in [1.54, 1.807) is 18.2 Å². The quantitative estimate of drug-likeness (QED) is 0.786. The molecule has 1 aliphatic carbocycles. The first-order chi connectivity index (χ1) is 9.00. The van der Waals surface area contributed by atoms with Crippen LogP contribution in [-0.4, -0.2) is 22.9 Å². The minimum absolute atomic E-state index is 0.00519. The van der Waals surface area contributed by atoms with Crippen LogP contribution in [-0.2, 0) is 0 Å². The van der Waals surface area contributed by atoms with E-state index in [-0.39, 0.29) is 11.9 Å². The molecule has 0 aromatic heterocycles. The van der Waals surface area contributed by atoms with Crippen molar-refractivity contribution in [3.63, 3.8) is 0 Å². The number of nitrogens with zero attached hydrogens (tertiary/aromatic N) is 1. The number of carbonyl (C=O) groups excluding carboxylic acids is 1. The molecule has 1 aromatic rings. The monoisotopic (exact) mass is 299 g/mol. The van der Waals surface area contributed by atoms with Gasteiger partial charge in [0.2, 0.25) is 0 Å². The molecule has 0 heterocycles. The summed E-state index contributed by atoms with van der Waals surface area (Å²) < 4.78 is 0. The van der Waals surface area contributed by atoms with E-state index in [1.165, 1.54) is 12.8 Å². The first-order valence-corrected chi connectivity index (χ1v) is 7.54. The molecule has 0 bridgehead atoms. The van der Waals surface area contributed by atoms with Crippen molar-refractivity contribution in [3.8, 4) is 0 Å². The van der Waals surface area contributed by atoms with Crippen molar-refractivity contribution in [1.82, 2.24) is 4.90 Å². The van der Waals surface area contributed by atoms with Crippen molar-refractivity contribution in [3.05, 3.63) is 33.8 Å². The van der Waals surface area contributed by atoms with Crippen LogP contribution in [0.5, 0.6) is 0 Å². The molecule has 0 radical (unpaired) electrons. The van der Waals surface area contributed by atoms with Crippen LogP contribution in [0.2, 0.25) is 10.0 Å². The topological polar surface area (TPSA) is 20.3 Å². The molecule has 1 fully saturated rings. The van der Waals surface area contributed by atoms with Gasteiger partial charge in [-0.3, -0.25) is 4.79 Å². The summed E-state index contributed by atoms with van der Waals surface area (Å²) in [6.07, 6.45) is 4.57. The molecule has 0 aliphatic heterocycles. The van der Waals surface area contributed by atoms with E-state index in [9.17, 15) is 4.79 Å². The summed E-state index contributed by atoms with van der Waals surface area (Å²) in [6, 6.07) is 5.56. The van der Waals surface area contributed by atoms with Crippen molar-refractivity contribution in [2.45, 2.75) is 51.6 Å². The zero-order valence-corrected chi connectivity index (χ0v) is 12.8. The summed E-state index contributed by atoms with van der Waals surface area (Å²) in [7, 11) is 0. The molecule has 0 spiro atoms. The van der Waals surface area contributed by atoms with Gasteiger partial charge in [0.25, 0.3) is 5.91 Å². The average molecular weight is 300 g/mol. The minimum Gasteiger partial charge on any atom is -0.333 e. The predicted molar refractivity (Wildman–Crippen MR) is 80.0 cm³/mol. The van der Waals surface area contributed by atoms with E-state index in [0.717, 1.165) is 12.8 Å². The summed E-state index contributed by atoms with van der Waals surface area (Å²) >= 11 is 12.1. The zero-order chi connectivity index (χ0) is 14.0. The number of hydrogen-bond acceptors (Lipinski definition) is 1. The van der Waals surface area contributed by atoms with Crippen LogP contribution in [0.3, 0.4) is 0 Å². The lowest BCUT2D eigenvalue weighted by Gasteiger charge is -2.33. The molecule has 1 aliphatic rings. The third-order valence-corrected chi connectivity index (χ3v) is 4.23. The van der Waals surface area contributed by atoms with E-state index < -0.39 is 0 Å². The van der Waals surface area contributed by atoms with Gasteiger partial charge in [-0.2, -0.15) is 0 Å². The van der Waals surface area contributed by atoms with Gasteiger partial charge in [0.05, 0.1) is 10.6 Å². The molecule has 2 nitrogen and oxygen atoms in total. The Labute approximate surface area is 124 Å². The van der Waals surface area contributed by atoms with Crippen molar-refractivity contribution >= 4 is 29.1 Å². The Morgan fingerprint density at radius 1 is 1.26 bits per heavy atom. The van der Waals surface area contributed by atoms with Gasteiger partial charge in [0, 0.05) is 17.1 Å². The third-order valence-electron chi connectivity index (χ3n) is 3.67. The second kappa shape index (κ2) is 6.15. The summed E-state index contributed by atoms with van der Waals surface area (Å²) in [5.74, 6) is -0.00519. The summed E-state index contributed by atoms with van der Waals surface area (Å²) in [6.45, 7) is 4.10. The van der Waals surface area contributed by atoms with Gasteiger partial charge in [0.15, 0.2) is 0 Å². The summed E-state index contributed by atoms with van der Waals surface area (Å²) in [5.41, 5.74) is 0.509. The maximum Gasteiger partial charge on any atom is 0.255 e. The van der Waals surface area contributed by atoms with Gasteiger partial charge in [-0.05, 0) is 44.9 Å². The third kappa shape index (κ3) is 3.24. The van der Waals surface area contributed by atoms with Gasteiger partial charge in [-0.1, -0.05) is 36.0 Å². The minimum atomic E-state index is -0.00519. The van der Waals surface area contributed by atoms with Crippen molar-refractivity contribution in [2.24, 2.45) is 0 Å². The molecule has 1 aromatic carbocycles. The molecule has 1 saturated carbocycles. The number of amides is 1. The average Bonchev–Trinajstić information content (AvgIpc) is 2.85. The second-order valence-corrected chi connectivity index (χ2v) is 6.21. The highest BCUT2D eigenvalue weighted by atomic mass is 35.5. The van der Waals surface area contributed by atoms with Gasteiger partial charge in [-0.15, -0.1) is 0 Å². The molecule has 2 rings (SSSR count). The molecular weight excluding hydrogens is 281 g/mol. The normalized spacial score (nSPS) is 16.1. The Morgan fingerprint density at radius 2 is 1.89 bits per heavy atom. The molecule has 4 heteroatoms. The molecule has 0 N–H and O–H groups in total. The van der Waals surface area contributed by atoms with E-state index in [0.29, 0.717) is 21.7 Å². The van der Waals surface area contributed by atoms with Crippen LogP contribution >= 0.6 is 23.2 Å². The van der Waals surface area contributed by atoms with Crippen LogP contribution in [0.25, 0.3) is 0 Å². The van der Waals surface area contributed by atoms with Crippen molar-refractivity contribution in [1.29, 1.82) is 0 Å². The lowest BCUT2D eigenvalue weighted by molar-refractivity contribution is 0.0613. The largest absolute Gasteiger partial charge is 0.333 e.